The third-order valence-electron chi connectivity index (χ3n) is 4.52. The van der Waals surface area contributed by atoms with Crippen LogP contribution in [0.15, 0.2) is 17.1 Å². The predicted molar refractivity (Wildman–Crippen MR) is 116 cm³/mol. The maximum Gasteiger partial charge on any atom is 0.219 e. The van der Waals surface area contributed by atoms with Crippen molar-refractivity contribution in [1.82, 2.24) is 9.27 Å². The van der Waals surface area contributed by atoms with Gasteiger partial charge in [0.25, 0.3) is 0 Å². The standard InChI is InChI=1S/C20H25Cl2N3OS/c1-13-10-15(23-12-25-8-6-5-7-9-25)14(21)11-16(13)26-19-17(22)18(24-27-19)20(2,3)4/h10-12H,5-9H2,1-4H3. The lowest BCUT2D eigenvalue weighted by Gasteiger charge is -2.23. The Kier molecular flexibility index (Phi) is 6.34. The van der Waals surface area contributed by atoms with Crippen molar-refractivity contribution in [3.8, 4) is 10.8 Å². The monoisotopic (exact) mass is 425 g/mol. The van der Waals surface area contributed by atoms with Gasteiger partial charge in [-0.15, -0.1) is 0 Å². The first kappa shape index (κ1) is 20.4. The van der Waals surface area contributed by atoms with Crippen molar-refractivity contribution in [1.29, 1.82) is 0 Å². The molecule has 146 valence electrons. The van der Waals surface area contributed by atoms with Crippen LogP contribution in [0.4, 0.5) is 5.69 Å². The van der Waals surface area contributed by atoms with E-state index in [1.165, 1.54) is 30.8 Å². The molecule has 27 heavy (non-hydrogen) atoms. The van der Waals surface area contributed by atoms with E-state index in [1.54, 1.807) is 6.07 Å². The number of aryl methyl sites for hydroxylation is 1. The van der Waals surface area contributed by atoms with E-state index in [9.17, 15) is 0 Å². The minimum absolute atomic E-state index is 0.130. The van der Waals surface area contributed by atoms with Gasteiger partial charge in [0.1, 0.15) is 10.8 Å². The van der Waals surface area contributed by atoms with Crippen molar-refractivity contribution in [3.05, 3.63) is 33.4 Å². The van der Waals surface area contributed by atoms with E-state index in [1.807, 2.05) is 19.3 Å². The molecule has 0 N–H and O–H groups in total. The molecule has 0 radical (unpaired) electrons. The van der Waals surface area contributed by atoms with Crippen LogP contribution in [0.3, 0.4) is 0 Å². The van der Waals surface area contributed by atoms with Crippen molar-refractivity contribution in [2.24, 2.45) is 4.99 Å². The average Bonchev–Trinajstić information content (AvgIpc) is 2.98. The van der Waals surface area contributed by atoms with E-state index in [0.29, 0.717) is 20.9 Å². The number of likely N-dealkylation sites (tertiary alicyclic amines) is 1. The lowest BCUT2D eigenvalue weighted by molar-refractivity contribution is 0.351. The summed E-state index contributed by atoms with van der Waals surface area (Å²) < 4.78 is 10.5. The molecule has 3 rings (SSSR count). The summed E-state index contributed by atoms with van der Waals surface area (Å²) in [6.07, 6.45) is 5.64. The molecule has 1 fully saturated rings. The molecule has 0 bridgehead atoms. The highest BCUT2D eigenvalue weighted by Crippen LogP contribution is 2.42. The Bertz CT molecular complexity index is 836. The van der Waals surface area contributed by atoms with Gasteiger partial charge < -0.3 is 9.64 Å². The average molecular weight is 426 g/mol. The van der Waals surface area contributed by atoms with Crippen LogP contribution in [-0.2, 0) is 5.41 Å². The largest absolute Gasteiger partial charge is 0.443 e. The number of benzene rings is 1. The van der Waals surface area contributed by atoms with Crippen LogP contribution in [0.5, 0.6) is 10.8 Å². The fourth-order valence-corrected chi connectivity index (χ4v) is 4.49. The van der Waals surface area contributed by atoms with Gasteiger partial charge in [-0.05, 0) is 37.8 Å². The van der Waals surface area contributed by atoms with Crippen LogP contribution in [0, 0.1) is 6.92 Å². The van der Waals surface area contributed by atoms with Gasteiger partial charge in [-0.1, -0.05) is 44.0 Å². The highest BCUT2D eigenvalue weighted by Gasteiger charge is 2.25. The fourth-order valence-electron chi connectivity index (χ4n) is 2.93. The maximum atomic E-state index is 6.48. The molecule has 1 aliphatic rings. The smallest absolute Gasteiger partial charge is 0.219 e. The number of ether oxygens (including phenoxy) is 1. The number of piperidine rings is 1. The SMILES string of the molecule is Cc1cc(N=CN2CCCCC2)c(Cl)cc1Oc1snc(C(C)(C)C)c1Cl. The second kappa shape index (κ2) is 8.38. The highest BCUT2D eigenvalue weighted by atomic mass is 35.5. The molecule has 4 nitrogen and oxygen atoms in total. The molecule has 2 aromatic rings. The van der Waals surface area contributed by atoms with E-state index in [0.717, 1.165) is 30.0 Å². The van der Waals surface area contributed by atoms with Crippen LogP contribution in [-0.4, -0.2) is 28.7 Å². The molecule has 0 aliphatic carbocycles. The first-order chi connectivity index (χ1) is 12.8. The van der Waals surface area contributed by atoms with Crippen molar-refractivity contribution in [2.45, 2.75) is 52.4 Å². The molecule has 0 spiro atoms. The molecule has 7 heteroatoms. The van der Waals surface area contributed by atoms with Crippen LogP contribution >= 0.6 is 34.7 Å². The van der Waals surface area contributed by atoms with E-state index in [-0.39, 0.29) is 5.41 Å². The Labute approximate surface area is 175 Å². The summed E-state index contributed by atoms with van der Waals surface area (Å²) in [4.78, 5) is 6.81. The van der Waals surface area contributed by atoms with Crippen molar-refractivity contribution in [2.75, 3.05) is 13.1 Å². The Hall–Kier alpha value is -1.30. The quantitative estimate of drug-likeness (QED) is 0.390. The molecule has 2 heterocycles. The van der Waals surface area contributed by atoms with E-state index in [2.05, 4.69) is 35.0 Å². The van der Waals surface area contributed by atoms with Crippen LogP contribution < -0.4 is 4.74 Å². The Morgan fingerprint density at radius 1 is 1.19 bits per heavy atom. The molecule has 1 saturated heterocycles. The molecule has 0 saturated carbocycles. The molecular formula is C20H25Cl2N3OS. The van der Waals surface area contributed by atoms with Crippen LogP contribution in [0.1, 0.15) is 51.3 Å². The highest BCUT2D eigenvalue weighted by molar-refractivity contribution is 7.08. The second-order valence-corrected chi connectivity index (χ2v) is 9.42. The molecule has 0 unspecified atom stereocenters. The van der Waals surface area contributed by atoms with E-state index >= 15 is 0 Å². The summed E-state index contributed by atoms with van der Waals surface area (Å²) in [6.45, 7) is 10.3. The molecule has 1 aliphatic heterocycles. The lowest BCUT2D eigenvalue weighted by atomic mass is 9.92. The minimum atomic E-state index is -0.130. The zero-order valence-corrected chi connectivity index (χ0v) is 18.5. The van der Waals surface area contributed by atoms with E-state index < -0.39 is 0 Å². The molecule has 0 amide bonds. The number of aromatic nitrogens is 1. The van der Waals surface area contributed by atoms with Gasteiger partial charge in [-0.2, -0.15) is 4.37 Å². The van der Waals surface area contributed by atoms with Crippen LogP contribution in [0.25, 0.3) is 0 Å². The zero-order chi connectivity index (χ0) is 19.6. The molecule has 1 aromatic carbocycles. The topological polar surface area (TPSA) is 37.7 Å². The lowest BCUT2D eigenvalue weighted by Crippen LogP contribution is -2.27. The van der Waals surface area contributed by atoms with E-state index in [4.69, 9.17) is 27.9 Å². The predicted octanol–water partition coefficient (Wildman–Crippen LogP) is 6.99. The first-order valence-corrected chi connectivity index (χ1v) is 10.7. The normalized spacial score (nSPS) is 15.6. The maximum absolute atomic E-state index is 6.48. The number of nitrogens with zero attached hydrogens (tertiary/aromatic N) is 3. The summed E-state index contributed by atoms with van der Waals surface area (Å²) in [5, 5.41) is 1.71. The third kappa shape index (κ3) is 4.95. The van der Waals surface area contributed by atoms with Crippen molar-refractivity contribution >= 4 is 46.8 Å². The molecule has 1 aromatic heterocycles. The van der Waals surface area contributed by atoms with Gasteiger partial charge in [-0.25, -0.2) is 4.99 Å². The van der Waals surface area contributed by atoms with Gasteiger partial charge in [0.05, 0.1) is 22.7 Å². The number of halogens is 2. The number of hydrogen-bond donors (Lipinski definition) is 0. The fraction of sp³-hybridized carbons (Fsp3) is 0.500. The molecule has 0 atom stereocenters. The van der Waals surface area contributed by atoms with Gasteiger partial charge >= 0.3 is 0 Å². The van der Waals surface area contributed by atoms with Crippen molar-refractivity contribution < 1.29 is 4.74 Å². The van der Waals surface area contributed by atoms with Gasteiger partial charge in [0.15, 0.2) is 0 Å². The second-order valence-electron chi connectivity index (χ2n) is 7.89. The summed E-state index contributed by atoms with van der Waals surface area (Å²) in [5.74, 6) is 0.669. The summed E-state index contributed by atoms with van der Waals surface area (Å²) in [5.41, 5.74) is 2.41. The summed E-state index contributed by atoms with van der Waals surface area (Å²) >= 11 is 14.2. The Morgan fingerprint density at radius 2 is 1.89 bits per heavy atom. The van der Waals surface area contributed by atoms with Crippen LogP contribution in [0.2, 0.25) is 10.0 Å². The Balaban J connectivity index is 1.79. The Morgan fingerprint density at radius 3 is 2.52 bits per heavy atom. The number of hydrogen-bond acceptors (Lipinski definition) is 4. The van der Waals surface area contributed by atoms with Gasteiger partial charge in [0, 0.05) is 36.1 Å². The number of aliphatic imine (C=N–C) groups is 1. The summed E-state index contributed by atoms with van der Waals surface area (Å²) in [7, 11) is 0. The first-order valence-electron chi connectivity index (χ1n) is 9.17. The number of rotatable bonds is 4. The van der Waals surface area contributed by atoms with Gasteiger partial charge in [-0.3, -0.25) is 0 Å². The third-order valence-corrected chi connectivity index (χ3v) is 6.01. The molecular weight excluding hydrogens is 401 g/mol. The zero-order valence-electron chi connectivity index (χ0n) is 16.2. The van der Waals surface area contributed by atoms with Crippen molar-refractivity contribution in [3.63, 3.8) is 0 Å². The summed E-state index contributed by atoms with van der Waals surface area (Å²) in [6, 6.07) is 3.74. The minimum Gasteiger partial charge on any atom is -0.443 e. The van der Waals surface area contributed by atoms with Gasteiger partial charge in [0.2, 0.25) is 5.06 Å².